The molecule has 3 heterocycles. The average molecular weight is 366 g/mol. The Morgan fingerprint density at radius 2 is 2.00 bits per heavy atom. The maximum Gasteiger partial charge on any atom is 0.255 e. The lowest BCUT2D eigenvalue weighted by Gasteiger charge is -2.16. The Morgan fingerprint density at radius 1 is 1.23 bits per heavy atom. The molecule has 0 radical (unpaired) electrons. The van der Waals surface area contributed by atoms with Crippen molar-refractivity contribution in [3.63, 3.8) is 0 Å². The monoisotopic (exact) mass is 366 g/mol. The molecule has 1 aliphatic rings. The lowest BCUT2D eigenvalue weighted by atomic mass is 9.95. The first-order chi connectivity index (χ1) is 12.6. The van der Waals surface area contributed by atoms with E-state index in [1.807, 2.05) is 53.0 Å². The number of amides is 1. The number of rotatable bonds is 3. The van der Waals surface area contributed by atoms with E-state index in [9.17, 15) is 4.79 Å². The SMILES string of the molecule is Cc1cc(C(=O)N2C[C@@H](N)[C@H](c3ccccc3)C2)c(C)n1-c1nccs1. The van der Waals surface area contributed by atoms with E-state index < -0.39 is 0 Å². The van der Waals surface area contributed by atoms with Gasteiger partial charge in [0.05, 0.1) is 5.56 Å². The van der Waals surface area contributed by atoms with Crippen molar-refractivity contribution in [3.05, 3.63) is 70.5 Å². The molecule has 1 amide bonds. The summed E-state index contributed by atoms with van der Waals surface area (Å²) in [7, 11) is 0. The summed E-state index contributed by atoms with van der Waals surface area (Å²) >= 11 is 1.57. The number of aromatic nitrogens is 2. The molecule has 1 saturated heterocycles. The molecule has 0 spiro atoms. The van der Waals surface area contributed by atoms with Crippen molar-refractivity contribution in [3.8, 4) is 5.13 Å². The van der Waals surface area contributed by atoms with Gasteiger partial charge in [0.1, 0.15) is 0 Å². The standard InChI is InChI=1S/C20H22N4OS/c1-13-10-16(14(2)24(13)20-22-8-9-26-20)19(25)23-11-17(18(21)12-23)15-6-4-3-5-7-15/h3-10,17-18H,11-12,21H2,1-2H3/t17-,18+/m0/s1. The molecule has 5 nitrogen and oxygen atoms in total. The minimum absolute atomic E-state index is 0.0381. The molecule has 2 aromatic heterocycles. The second-order valence-electron chi connectivity index (χ2n) is 6.83. The smallest absolute Gasteiger partial charge is 0.255 e. The number of nitrogens with two attached hydrogens (primary N) is 1. The quantitative estimate of drug-likeness (QED) is 0.775. The molecule has 2 atom stereocenters. The van der Waals surface area contributed by atoms with E-state index in [-0.39, 0.29) is 17.9 Å². The Balaban J connectivity index is 1.60. The van der Waals surface area contributed by atoms with Gasteiger partial charge in [0, 0.05) is 48.0 Å². The number of nitrogens with zero attached hydrogens (tertiary/aromatic N) is 3. The van der Waals surface area contributed by atoms with E-state index in [0.29, 0.717) is 13.1 Å². The Bertz CT molecular complexity index is 917. The van der Waals surface area contributed by atoms with Crippen molar-refractivity contribution < 1.29 is 4.79 Å². The van der Waals surface area contributed by atoms with Crippen molar-refractivity contribution in [1.82, 2.24) is 14.5 Å². The number of hydrogen-bond acceptors (Lipinski definition) is 4. The molecule has 3 aromatic rings. The molecule has 0 bridgehead atoms. The third-order valence-corrected chi connectivity index (χ3v) is 5.91. The van der Waals surface area contributed by atoms with E-state index in [1.165, 1.54) is 5.56 Å². The van der Waals surface area contributed by atoms with Gasteiger partial charge in [0.15, 0.2) is 5.13 Å². The lowest BCUT2D eigenvalue weighted by Crippen LogP contribution is -2.32. The van der Waals surface area contributed by atoms with Crippen LogP contribution in [0.1, 0.15) is 33.2 Å². The van der Waals surface area contributed by atoms with Crippen molar-refractivity contribution in [1.29, 1.82) is 0 Å². The van der Waals surface area contributed by atoms with Crippen LogP contribution in [0.25, 0.3) is 5.13 Å². The summed E-state index contributed by atoms with van der Waals surface area (Å²) < 4.78 is 2.04. The molecule has 0 aliphatic carbocycles. The van der Waals surface area contributed by atoms with Gasteiger partial charge in [-0.1, -0.05) is 30.3 Å². The molecule has 6 heteroatoms. The van der Waals surface area contributed by atoms with Crippen LogP contribution in [0.3, 0.4) is 0 Å². The van der Waals surface area contributed by atoms with Crippen LogP contribution in [-0.2, 0) is 0 Å². The summed E-state index contributed by atoms with van der Waals surface area (Å²) in [4.78, 5) is 19.4. The third-order valence-electron chi connectivity index (χ3n) is 5.15. The molecule has 1 aliphatic heterocycles. The number of hydrogen-bond donors (Lipinski definition) is 1. The van der Waals surface area contributed by atoms with Gasteiger partial charge >= 0.3 is 0 Å². The van der Waals surface area contributed by atoms with Gasteiger partial charge in [0.25, 0.3) is 5.91 Å². The first kappa shape index (κ1) is 17.0. The molecule has 2 N–H and O–H groups in total. The molecule has 1 fully saturated rings. The van der Waals surface area contributed by atoms with Crippen molar-refractivity contribution in [2.24, 2.45) is 5.73 Å². The third kappa shape index (κ3) is 2.85. The van der Waals surface area contributed by atoms with Gasteiger partial charge in [-0.25, -0.2) is 4.98 Å². The predicted octanol–water partition coefficient (Wildman–Crippen LogP) is 3.12. The summed E-state index contributed by atoms with van der Waals surface area (Å²) in [6, 6.07) is 12.1. The normalized spacial score (nSPS) is 19.9. The van der Waals surface area contributed by atoms with Crippen LogP contribution in [0.5, 0.6) is 0 Å². The number of aryl methyl sites for hydroxylation is 1. The van der Waals surface area contributed by atoms with Crippen LogP contribution in [0, 0.1) is 13.8 Å². The predicted molar refractivity (Wildman–Crippen MR) is 104 cm³/mol. The lowest BCUT2D eigenvalue weighted by molar-refractivity contribution is 0.0788. The highest BCUT2D eigenvalue weighted by atomic mass is 32.1. The fraction of sp³-hybridized carbons (Fsp3) is 0.300. The minimum Gasteiger partial charge on any atom is -0.336 e. The highest BCUT2D eigenvalue weighted by Gasteiger charge is 2.35. The average Bonchev–Trinajstić information content (AvgIpc) is 3.35. The molecular weight excluding hydrogens is 344 g/mol. The number of thiazole rings is 1. The number of carbonyl (C=O) groups is 1. The Labute approximate surface area is 157 Å². The summed E-state index contributed by atoms with van der Waals surface area (Å²) in [5.74, 6) is 0.234. The van der Waals surface area contributed by atoms with Gasteiger partial charge in [0.2, 0.25) is 0 Å². The number of likely N-dealkylation sites (tertiary alicyclic amines) is 1. The largest absolute Gasteiger partial charge is 0.336 e. The maximum absolute atomic E-state index is 13.2. The van der Waals surface area contributed by atoms with Crippen LogP contribution < -0.4 is 5.73 Å². The van der Waals surface area contributed by atoms with Gasteiger partial charge in [-0.15, -0.1) is 11.3 Å². The van der Waals surface area contributed by atoms with Gasteiger partial charge in [-0.05, 0) is 25.5 Å². The van der Waals surface area contributed by atoms with Crippen LogP contribution in [0.15, 0.2) is 48.0 Å². The Kier molecular flexibility index (Phi) is 4.38. The number of benzene rings is 1. The Morgan fingerprint density at radius 3 is 2.69 bits per heavy atom. The summed E-state index contributed by atoms with van der Waals surface area (Å²) in [5.41, 5.74) is 10.2. The van der Waals surface area contributed by atoms with E-state index in [0.717, 1.165) is 22.1 Å². The highest BCUT2D eigenvalue weighted by Crippen LogP contribution is 2.29. The molecule has 0 saturated carbocycles. The van der Waals surface area contributed by atoms with E-state index in [1.54, 1.807) is 17.5 Å². The Hall–Kier alpha value is -2.44. The van der Waals surface area contributed by atoms with Crippen molar-refractivity contribution in [2.75, 3.05) is 13.1 Å². The second-order valence-corrected chi connectivity index (χ2v) is 7.70. The van der Waals surface area contributed by atoms with Crippen LogP contribution >= 0.6 is 11.3 Å². The fourth-order valence-corrected chi connectivity index (χ4v) is 4.57. The second kappa shape index (κ2) is 6.70. The van der Waals surface area contributed by atoms with E-state index >= 15 is 0 Å². The zero-order valence-electron chi connectivity index (χ0n) is 14.9. The molecule has 26 heavy (non-hydrogen) atoms. The number of carbonyl (C=O) groups excluding carboxylic acids is 1. The van der Waals surface area contributed by atoms with E-state index in [4.69, 9.17) is 5.73 Å². The first-order valence-electron chi connectivity index (χ1n) is 8.75. The molecule has 4 rings (SSSR count). The van der Waals surface area contributed by atoms with Gasteiger partial charge in [-0.2, -0.15) is 0 Å². The van der Waals surface area contributed by atoms with Gasteiger partial charge < -0.3 is 10.6 Å². The zero-order chi connectivity index (χ0) is 18.3. The zero-order valence-corrected chi connectivity index (χ0v) is 15.7. The first-order valence-corrected chi connectivity index (χ1v) is 9.63. The fourth-order valence-electron chi connectivity index (χ4n) is 3.82. The van der Waals surface area contributed by atoms with Crippen LogP contribution in [0.2, 0.25) is 0 Å². The van der Waals surface area contributed by atoms with E-state index in [2.05, 4.69) is 17.1 Å². The van der Waals surface area contributed by atoms with Crippen LogP contribution in [0.4, 0.5) is 0 Å². The minimum atomic E-state index is -0.0381. The topological polar surface area (TPSA) is 64.2 Å². The van der Waals surface area contributed by atoms with Crippen molar-refractivity contribution >= 4 is 17.2 Å². The molecule has 0 unspecified atom stereocenters. The molecule has 1 aromatic carbocycles. The summed E-state index contributed by atoms with van der Waals surface area (Å²) in [5, 5.41) is 2.83. The van der Waals surface area contributed by atoms with Gasteiger partial charge in [-0.3, -0.25) is 9.36 Å². The maximum atomic E-state index is 13.2. The highest BCUT2D eigenvalue weighted by molar-refractivity contribution is 7.12. The molecular formula is C20H22N4OS. The molecule has 134 valence electrons. The van der Waals surface area contributed by atoms with Crippen LogP contribution in [-0.4, -0.2) is 39.5 Å². The summed E-state index contributed by atoms with van der Waals surface area (Å²) in [6.45, 7) is 5.23. The summed E-state index contributed by atoms with van der Waals surface area (Å²) in [6.07, 6.45) is 1.78. The van der Waals surface area contributed by atoms with Crippen molar-refractivity contribution in [2.45, 2.75) is 25.8 Å².